The Morgan fingerprint density at radius 3 is 2.87 bits per heavy atom. The van der Waals surface area contributed by atoms with E-state index in [2.05, 4.69) is 11.4 Å². The third-order valence-corrected chi connectivity index (χ3v) is 3.84. The molecule has 0 atom stereocenters. The van der Waals surface area contributed by atoms with Crippen molar-refractivity contribution in [3.8, 4) is 6.07 Å². The Bertz CT molecular complexity index is 366. The Balaban J connectivity index is 1.84. The van der Waals surface area contributed by atoms with Crippen LogP contribution in [0.5, 0.6) is 0 Å². The Hall–Kier alpha value is -0.980. The molecule has 1 heterocycles. The Kier molecular flexibility index (Phi) is 3.65. The first-order valence-corrected chi connectivity index (χ1v) is 6.32. The van der Waals surface area contributed by atoms with Crippen LogP contribution in [-0.4, -0.2) is 18.8 Å². The van der Waals surface area contributed by atoms with Crippen LogP contribution in [0.4, 0.5) is 0 Å². The summed E-state index contributed by atoms with van der Waals surface area (Å²) in [5, 5.41) is 12.2. The number of thioether (sulfide) groups is 1. The summed E-state index contributed by atoms with van der Waals surface area (Å²) in [5.41, 5.74) is 1.98. The normalized spacial score (nSPS) is 15.7. The zero-order chi connectivity index (χ0) is 10.5. The van der Waals surface area contributed by atoms with Crippen LogP contribution < -0.4 is 5.32 Å². The van der Waals surface area contributed by atoms with Crippen molar-refractivity contribution < 1.29 is 0 Å². The fourth-order valence-electron chi connectivity index (χ4n) is 1.56. The molecule has 1 aromatic carbocycles. The molecule has 1 aliphatic rings. The van der Waals surface area contributed by atoms with Crippen LogP contribution in [0, 0.1) is 17.2 Å². The topological polar surface area (TPSA) is 35.8 Å². The monoisotopic (exact) mass is 218 g/mol. The van der Waals surface area contributed by atoms with Gasteiger partial charge in [0, 0.05) is 5.75 Å². The summed E-state index contributed by atoms with van der Waals surface area (Å²) in [7, 11) is 0. The second-order valence-corrected chi connectivity index (χ2v) is 4.84. The standard InChI is InChI=1S/C12H14N2S/c13-5-11-3-1-2-4-12(11)9-15-8-10-6-14-7-10/h1-4,10,14H,6-9H2. The maximum Gasteiger partial charge on any atom is 0.0994 e. The van der Waals surface area contributed by atoms with E-state index >= 15 is 0 Å². The molecule has 1 saturated heterocycles. The van der Waals surface area contributed by atoms with Crippen LogP contribution in [0.1, 0.15) is 11.1 Å². The number of nitriles is 1. The maximum atomic E-state index is 8.92. The molecular formula is C12H14N2S. The van der Waals surface area contributed by atoms with Gasteiger partial charge in [0.2, 0.25) is 0 Å². The molecule has 3 heteroatoms. The molecule has 0 bridgehead atoms. The fourth-order valence-corrected chi connectivity index (χ4v) is 2.72. The molecule has 0 aliphatic carbocycles. The van der Waals surface area contributed by atoms with Crippen LogP contribution in [0.25, 0.3) is 0 Å². The molecule has 15 heavy (non-hydrogen) atoms. The number of hydrogen-bond acceptors (Lipinski definition) is 3. The lowest BCUT2D eigenvalue weighted by Gasteiger charge is -2.26. The van der Waals surface area contributed by atoms with Crippen molar-refractivity contribution in [1.29, 1.82) is 5.26 Å². The summed E-state index contributed by atoms with van der Waals surface area (Å²) in [6, 6.07) is 10.1. The van der Waals surface area contributed by atoms with E-state index in [1.54, 1.807) is 0 Å². The van der Waals surface area contributed by atoms with Gasteiger partial charge in [-0.1, -0.05) is 18.2 Å². The van der Waals surface area contributed by atoms with Crippen molar-refractivity contribution in [3.05, 3.63) is 35.4 Å². The first-order valence-electron chi connectivity index (χ1n) is 5.16. The maximum absolute atomic E-state index is 8.92. The second-order valence-electron chi connectivity index (χ2n) is 3.81. The third-order valence-electron chi connectivity index (χ3n) is 2.61. The predicted octanol–water partition coefficient (Wildman–Crippen LogP) is 2.01. The van der Waals surface area contributed by atoms with E-state index in [0.717, 1.165) is 35.9 Å². The third kappa shape index (κ3) is 2.74. The quantitative estimate of drug-likeness (QED) is 0.839. The predicted molar refractivity (Wildman–Crippen MR) is 63.7 cm³/mol. The minimum absolute atomic E-state index is 0.816. The van der Waals surface area contributed by atoms with Crippen molar-refractivity contribution in [1.82, 2.24) is 5.32 Å². The van der Waals surface area contributed by atoms with Crippen LogP contribution >= 0.6 is 11.8 Å². The Morgan fingerprint density at radius 2 is 2.20 bits per heavy atom. The molecule has 1 aromatic rings. The zero-order valence-corrected chi connectivity index (χ0v) is 9.39. The molecule has 0 spiro atoms. The lowest BCUT2D eigenvalue weighted by atomic mass is 10.1. The highest BCUT2D eigenvalue weighted by atomic mass is 32.2. The minimum atomic E-state index is 0.816. The summed E-state index contributed by atoms with van der Waals surface area (Å²) in [4.78, 5) is 0. The van der Waals surface area contributed by atoms with Gasteiger partial charge in [-0.25, -0.2) is 0 Å². The second kappa shape index (κ2) is 5.20. The van der Waals surface area contributed by atoms with Gasteiger partial charge in [-0.15, -0.1) is 0 Å². The van der Waals surface area contributed by atoms with Gasteiger partial charge in [0.15, 0.2) is 0 Å². The SMILES string of the molecule is N#Cc1ccccc1CSCC1CNC1. The van der Waals surface area contributed by atoms with Gasteiger partial charge in [-0.3, -0.25) is 0 Å². The van der Waals surface area contributed by atoms with Gasteiger partial charge >= 0.3 is 0 Å². The minimum Gasteiger partial charge on any atom is -0.316 e. The largest absolute Gasteiger partial charge is 0.316 e. The van der Waals surface area contributed by atoms with E-state index in [1.165, 1.54) is 5.75 Å². The highest BCUT2D eigenvalue weighted by molar-refractivity contribution is 7.98. The van der Waals surface area contributed by atoms with E-state index < -0.39 is 0 Å². The van der Waals surface area contributed by atoms with Gasteiger partial charge in [-0.05, 0) is 36.4 Å². The molecule has 1 aliphatic heterocycles. The summed E-state index contributed by atoms with van der Waals surface area (Å²) in [6.07, 6.45) is 0. The van der Waals surface area contributed by atoms with E-state index in [1.807, 2.05) is 36.0 Å². The number of hydrogen-bond donors (Lipinski definition) is 1. The number of nitrogens with zero attached hydrogens (tertiary/aromatic N) is 1. The molecule has 2 nitrogen and oxygen atoms in total. The molecule has 0 radical (unpaired) electrons. The van der Waals surface area contributed by atoms with E-state index in [0.29, 0.717) is 0 Å². The average molecular weight is 218 g/mol. The zero-order valence-electron chi connectivity index (χ0n) is 8.57. The summed E-state index contributed by atoms with van der Waals surface area (Å²) < 4.78 is 0. The van der Waals surface area contributed by atoms with E-state index in [-0.39, 0.29) is 0 Å². The van der Waals surface area contributed by atoms with E-state index in [9.17, 15) is 0 Å². The Labute approximate surface area is 94.7 Å². The summed E-state index contributed by atoms with van der Waals surface area (Å²) in [5.74, 6) is 3.00. The lowest BCUT2D eigenvalue weighted by Crippen LogP contribution is -2.43. The molecule has 1 N–H and O–H groups in total. The van der Waals surface area contributed by atoms with Gasteiger partial charge in [0.05, 0.1) is 11.6 Å². The van der Waals surface area contributed by atoms with Gasteiger partial charge in [0.1, 0.15) is 0 Å². The van der Waals surface area contributed by atoms with Crippen molar-refractivity contribution in [2.45, 2.75) is 5.75 Å². The number of benzene rings is 1. The van der Waals surface area contributed by atoms with Gasteiger partial charge in [0.25, 0.3) is 0 Å². The molecule has 0 aromatic heterocycles. The van der Waals surface area contributed by atoms with Gasteiger partial charge < -0.3 is 5.32 Å². The summed E-state index contributed by atoms with van der Waals surface area (Å²) >= 11 is 1.93. The highest BCUT2D eigenvalue weighted by Gasteiger charge is 2.16. The summed E-state index contributed by atoms with van der Waals surface area (Å²) in [6.45, 7) is 2.32. The molecular weight excluding hydrogens is 204 g/mol. The van der Waals surface area contributed by atoms with E-state index in [4.69, 9.17) is 5.26 Å². The smallest absolute Gasteiger partial charge is 0.0994 e. The molecule has 78 valence electrons. The molecule has 1 fully saturated rings. The number of rotatable bonds is 4. The van der Waals surface area contributed by atoms with Crippen molar-refractivity contribution >= 4 is 11.8 Å². The first kappa shape index (κ1) is 10.5. The highest BCUT2D eigenvalue weighted by Crippen LogP contribution is 2.19. The van der Waals surface area contributed by atoms with Crippen LogP contribution in [0.2, 0.25) is 0 Å². The van der Waals surface area contributed by atoms with Crippen LogP contribution in [0.3, 0.4) is 0 Å². The molecule has 0 saturated carbocycles. The molecule has 0 amide bonds. The molecule has 2 rings (SSSR count). The average Bonchev–Trinajstić information content (AvgIpc) is 2.22. The van der Waals surface area contributed by atoms with Crippen molar-refractivity contribution in [2.75, 3.05) is 18.8 Å². The van der Waals surface area contributed by atoms with Crippen LogP contribution in [-0.2, 0) is 5.75 Å². The lowest BCUT2D eigenvalue weighted by molar-refractivity contribution is 0.385. The van der Waals surface area contributed by atoms with Gasteiger partial charge in [-0.2, -0.15) is 17.0 Å². The first-order chi connectivity index (χ1) is 7.40. The van der Waals surface area contributed by atoms with Crippen molar-refractivity contribution in [3.63, 3.8) is 0 Å². The van der Waals surface area contributed by atoms with Crippen LogP contribution in [0.15, 0.2) is 24.3 Å². The number of nitrogens with one attached hydrogen (secondary N) is 1. The Morgan fingerprint density at radius 1 is 1.40 bits per heavy atom. The fraction of sp³-hybridized carbons (Fsp3) is 0.417. The van der Waals surface area contributed by atoms with Crippen molar-refractivity contribution in [2.24, 2.45) is 5.92 Å². The molecule has 0 unspecified atom stereocenters.